The lowest BCUT2D eigenvalue weighted by molar-refractivity contribution is -0.117. The Balaban J connectivity index is 1.55. The third-order valence-corrected chi connectivity index (χ3v) is 6.90. The van der Waals surface area contributed by atoms with Crippen molar-refractivity contribution in [1.82, 2.24) is 5.32 Å². The molecule has 2 N–H and O–H groups in total. The van der Waals surface area contributed by atoms with Crippen molar-refractivity contribution in [2.45, 2.75) is 45.1 Å². The number of hydrogen-bond acceptors (Lipinski definition) is 6. The number of amides is 2. The van der Waals surface area contributed by atoms with Gasteiger partial charge >= 0.3 is 0 Å². The second-order valence-corrected chi connectivity index (χ2v) is 10.5. The first kappa shape index (κ1) is 26.8. The van der Waals surface area contributed by atoms with Gasteiger partial charge in [-0.2, -0.15) is 5.26 Å². The fourth-order valence-corrected chi connectivity index (χ4v) is 4.62. The topological polar surface area (TPSA) is 122 Å². The average Bonchev–Trinajstić information content (AvgIpc) is 3.64. The summed E-state index contributed by atoms with van der Waals surface area (Å²) in [6.45, 7) is 8.81. The largest absolute Gasteiger partial charge is 0.322 e. The number of anilines is 2. The molecule has 2 aromatic carbocycles. The van der Waals surface area contributed by atoms with Gasteiger partial charge in [0.25, 0.3) is 5.91 Å². The van der Waals surface area contributed by atoms with Gasteiger partial charge in [0.1, 0.15) is 0 Å². The number of guanidine groups is 1. The summed E-state index contributed by atoms with van der Waals surface area (Å²) in [4.78, 5) is 39.4. The van der Waals surface area contributed by atoms with Gasteiger partial charge in [-0.05, 0) is 69.3 Å². The van der Waals surface area contributed by atoms with Crippen LogP contribution in [0.15, 0.2) is 75.4 Å². The Morgan fingerprint density at radius 1 is 1.21 bits per heavy atom. The molecule has 2 aliphatic rings. The average molecular weight is 528 g/mol. The van der Waals surface area contributed by atoms with E-state index in [1.54, 1.807) is 24.4 Å². The maximum atomic E-state index is 13.0. The molecule has 2 aromatic rings. The first-order valence-corrected chi connectivity index (χ1v) is 13.1. The Morgan fingerprint density at radius 3 is 2.66 bits per heavy atom. The van der Waals surface area contributed by atoms with Crippen molar-refractivity contribution < 1.29 is 9.59 Å². The molecule has 10 heteroatoms. The number of aliphatic imine (C=N–C) groups is 3. The second-order valence-electron chi connectivity index (χ2n) is 9.52. The summed E-state index contributed by atoms with van der Waals surface area (Å²) in [6, 6.07) is 17.1. The van der Waals surface area contributed by atoms with E-state index in [1.807, 2.05) is 49.1 Å². The molecule has 0 saturated heterocycles. The van der Waals surface area contributed by atoms with Crippen molar-refractivity contribution in [3.05, 3.63) is 71.6 Å². The second kappa shape index (κ2) is 11.4. The van der Waals surface area contributed by atoms with Gasteiger partial charge < -0.3 is 15.5 Å². The van der Waals surface area contributed by atoms with Gasteiger partial charge in [0.2, 0.25) is 11.9 Å². The number of hydrogen-bond donors (Lipinski definition) is 2. The quantitative estimate of drug-likeness (QED) is 0.411. The smallest absolute Gasteiger partial charge is 0.255 e. The number of benzene rings is 2. The molecule has 0 spiro atoms. The lowest BCUT2D eigenvalue weighted by Crippen LogP contribution is -2.31. The first-order chi connectivity index (χ1) is 18.2. The first-order valence-electron chi connectivity index (χ1n) is 12.2. The number of rotatable bonds is 6. The van der Waals surface area contributed by atoms with E-state index in [2.05, 4.69) is 38.4 Å². The highest BCUT2D eigenvalue weighted by atomic mass is 32.2. The summed E-state index contributed by atoms with van der Waals surface area (Å²) < 4.78 is 0. The fraction of sp³-hybridized carbons (Fsp3) is 0.286. The Hall–Kier alpha value is -4.23. The van der Waals surface area contributed by atoms with Crippen LogP contribution in [0.1, 0.15) is 49.5 Å². The molecule has 0 bridgehead atoms. The van der Waals surface area contributed by atoms with Crippen molar-refractivity contribution in [2.75, 3.05) is 16.0 Å². The summed E-state index contributed by atoms with van der Waals surface area (Å²) >= 11 is 1.44. The predicted octanol–water partition coefficient (Wildman–Crippen LogP) is 4.85. The zero-order chi connectivity index (χ0) is 27.3. The summed E-state index contributed by atoms with van der Waals surface area (Å²) in [5.74, 6) is 0.604. The van der Waals surface area contributed by atoms with Gasteiger partial charge in [-0.1, -0.05) is 30.0 Å². The van der Waals surface area contributed by atoms with E-state index in [0.29, 0.717) is 28.1 Å². The van der Waals surface area contributed by atoms with Crippen molar-refractivity contribution in [2.24, 2.45) is 15.0 Å². The van der Waals surface area contributed by atoms with Crippen LogP contribution in [0.2, 0.25) is 0 Å². The standard InChI is InChI=1S/C28H29N7O2S/c1-18(36)32-27-34-22(16-38-27)15-31-26(30-4)35(23-11-12-23)24-10-6-9-21(14-24)33-25(37)19-7-5-8-20(13-19)28(2,3)17-29/h5-10,13-15,23H,4,11-12,16H2,1-3H3,(H,33,37)(H,32,34,36)/b22-15+,31-26+. The highest BCUT2D eigenvalue weighted by Gasteiger charge is 2.32. The van der Waals surface area contributed by atoms with Crippen molar-refractivity contribution >= 4 is 52.8 Å². The molecule has 1 aliphatic heterocycles. The third kappa shape index (κ3) is 6.55. The van der Waals surface area contributed by atoms with E-state index in [9.17, 15) is 14.9 Å². The van der Waals surface area contributed by atoms with Crippen molar-refractivity contribution in [1.29, 1.82) is 5.26 Å². The Kier molecular flexibility index (Phi) is 8.08. The van der Waals surface area contributed by atoms with Crippen LogP contribution in [0.5, 0.6) is 0 Å². The number of nitrogens with one attached hydrogen (secondary N) is 2. The number of nitrogens with zero attached hydrogens (tertiary/aromatic N) is 5. The molecule has 0 radical (unpaired) electrons. The van der Waals surface area contributed by atoms with Crippen LogP contribution >= 0.6 is 11.8 Å². The highest BCUT2D eigenvalue weighted by Crippen LogP contribution is 2.34. The van der Waals surface area contributed by atoms with E-state index < -0.39 is 5.41 Å². The maximum Gasteiger partial charge on any atom is 0.255 e. The molecule has 9 nitrogen and oxygen atoms in total. The summed E-state index contributed by atoms with van der Waals surface area (Å²) in [5, 5.41) is 15.7. The van der Waals surface area contributed by atoms with Crippen LogP contribution < -0.4 is 15.5 Å². The number of amidine groups is 1. The predicted molar refractivity (Wildman–Crippen MR) is 154 cm³/mol. The van der Waals surface area contributed by atoms with Crippen LogP contribution in [0.25, 0.3) is 0 Å². The van der Waals surface area contributed by atoms with Crippen LogP contribution in [0.3, 0.4) is 0 Å². The molecular formula is C28H29N7O2S. The van der Waals surface area contributed by atoms with Gasteiger partial charge in [0, 0.05) is 35.7 Å². The molecule has 0 aromatic heterocycles. The van der Waals surface area contributed by atoms with Gasteiger partial charge in [-0.15, -0.1) is 0 Å². The fourth-order valence-electron chi connectivity index (χ4n) is 3.80. The molecule has 0 atom stereocenters. The molecule has 38 heavy (non-hydrogen) atoms. The lowest BCUT2D eigenvalue weighted by atomic mass is 9.85. The third-order valence-electron chi connectivity index (χ3n) is 5.99. The molecule has 1 saturated carbocycles. The lowest BCUT2D eigenvalue weighted by Gasteiger charge is -2.23. The van der Waals surface area contributed by atoms with E-state index in [0.717, 1.165) is 29.8 Å². The molecule has 0 unspecified atom stereocenters. The van der Waals surface area contributed by atoms with Gasteiger partial charge in [-0.3, -0.25) is 9.59 Å². The minimum absolute atomic E-state index is 0.167. The van der Waals surface area contributed by atoms with Gasteiger partial charge in [0.15, 0.2) is 5.17 Å². The monoisotopic (exact) mass is 527 g/mol. The Morgan fingerprint density at radius 2 is 1.97 bits per heavy atom. The number of carbonyl (C=O) groups excluding carboxylic acids is 2. The van der Waals surface area contributed by atoms with Gasteiger partial charge in [-0.25, -0.2) is 15.0 Å². The SMILES string of the molecule is C=N/C(=N\C=C1/CSC(NC(C)=O)=N1)N(c1cccc(NC(=O)c2cccc(C(C)(C)C#N)c2)c1)C1CC1. The maximum absolute atomic E-state index is 13.0. The minimum Gasteiger partial charge on any atom is -0.322 e. The van der Waals surface area contributed by atoms with Crippen molar-refractivity contribution in [3.63, 3.8) is 0 Å². The van der Waals surface area contributed by atoms with E-state index >= 15 is 0 Å². The molecule has 2 amide bonds. The number of carbonyl (C=O) groups is 2. The zero-order valence-electron chi connectivity index (χ0n) is 21.6. The Labute approximate surface area is 226 Å². The van der Waals surface area contributed by atoms with Crippen LogP contribution in [-0.2, 0) is 10.2 Å². The zero-order valence-corrected chi connectivity index (χ0v) is 22.4. The van der Waals surface area contributed by atoms with Crippen LogP contribution in [0.4, 0.5) is 11.4 Å². The summed E-state index contributed by atoms with van der Waals surface area (Å²) in [6.07, 6.45) is 3.62. The number of nitriles is 1. The normalized spacial score (nSPS) is 16.4. The van der Waals surface area contributed by atoms with Crippen LogP contribution in [0, 0.1) is 11.3 Å². The van der Waals surface area contributed by atoms with Gasteiger partial charge in [0.05, 0.1) is 23.4 Å². The van der Waals surface area contributed by atoms with E-state index in [-0.39, 0.29) is 17.9 Å². The minimum atomic E-state index is -0.697. The van der Waals surface area contributed by atoms with Crippen molar-refractivity contribution in [3.8, 4) is 6.07 Å². The molecule has 194 valence electrons. The van der Waals surface area contributed by atoms with Crippen LogP contribution in [-0.4, -0.2) is 41.5 Å². The number of thioether (sulfide) groups is 1. The Bertz CT molecular complexity index is 1400. The molecule has 1 fully saturated rings. The molecular weight excluding hydrogens is 498 g/mol. The van der Waals surface area contributed by atoms with E-state index in [4.69, 9.17) is 0 Å². The summed E-state index contributed by atoms with van der Waals surface area (Å²) in [5.41, 5.74) is 2.74. The van der Waals surface area contributed by atoms with E-state index in [1.165, 1.54) is 18.7 Å². The molecule has 4 rings (SSSR count). The summed E-state index contributed by atoms with van der Waals surface area (Å²) in [7, 11) is 0. The highest BCUT2D eigenvalue weighted by molar-refractivity contribution is 8.14. The molecule has 1 aliphatic carbocycles. The molecule has 1 heterocycles.